The molecule has 1 atom stereocenters. The van der Waals surface area contributed by atoms with Gasteiger partial charge >= 0.3 is 0 Å². The van der Waals surface area contributed by atoms with Crippen molar-refractivity contribution < 1.29 is 4.42 Å². The number of aliphatic imine (C=N–C) groups is 2. The smallest absolute Gasteiger partial charge is 0.169 e. The third-order valence-corrected chi connectivity index (χ3v) is 9.18. The predicted molar refractivity (Wildman–Crippen MR) is 202 cm³/mol. The average Bonchev–Trinajstić information content (AvgIpc) is 3.58. The Hall–Kier alpha value is -6.52. The fourth-order valence-corrected chi connectivity index (χ4v) is 6.73. The fraction of sp³-hybridized carbons (Fsp3) is 0.0222. The zero-order valence-electron chi connectivity index (χ0n) is 26.6. The summed E-state index contributed by atoms with van der Waals surface area (Å²) in [7, 11) is 0. The first-order valence-electron chi connectivity index (χ1n) is 16.5. The molecule has 0 amide bonds. The lowest BCUT2D eigenvalue weighted by Gasteiger charge is -2.23. The second-order valence-electron chi connectivity index (χ2n) is 12.2. The van der Waals surface area contributed by atoms with E-state index in [9.17, 15) is 0 Å². The molecule has 4 heteroatoms. The van der Waals surface area contributed by atoms with E-state index < -0.39 is 6.17 Å². The van der Waals surface area contributed by atoms with Crippen molar-refractivity contribution in [1.82, 2.24) is 5.32 Å². The zero-order chi connectivity index (χ0) is 32.6. The summed E-state index contributed by atoms with van der Waals surface area (Å²) in [5.41, 5.74) is 11.6. The monoisotopic (exact) mass is 629 g/mol. The molecular weight excluding hydrogens is 599 g/mol. The highest BCUT2D eigenvalue weighted by Crippen LogP contribution is 2.39. The van der Waals surface area contributed by atoms with E-state index in [1.54, 1.807) is 0 Å². The lowest BCUT2D eigenvalue weighted by atomic mass is 9.96. The SMILES string of the molecule is c1ccc(-c2ccc(C3=NC(c4ccc(-c5ccccc5)cc4)N=C(c4cccc5oc6cccc(-c7ccccc7)c6c45)N3)cc2)cc1. The normalized spacial score (nSPS) is 14.3. The maximum Gasteiger partial charge on any atom is 0.169 e. The summed E-state index contributed by atoms with van der Waals surface area (Å²) in [6, 6.07) is 61.0. The second-order valence-corrected chi connectivity index (χ2v) is 12.2. The molecule has 1 N–H and O–H groups in total. The molecule has 0 saturated carbocycles. The van der Waals surface area contributed by atoms with E-state index in [2.05, 4.69) is 145 Å². The highest BCUT2D eigenvalue weighted by molar-refractivity contribution is 6.25. The largest absolute Gasteiger partial charge is 0.456 e. The third-order valence-electron chi connectivity index (χ3n) is 9.18. The molecule has 0 aliphatic carbocycles. The number of benzene rings is 7. The van der Waals surface area contributed by atoms with Crippen molar-refractivity contribution in [3.05, 3.63) is 193 Å². The van der Waals surface area contributed by atoms with Gasteiger partial charge in [0.1, 0.15) is 22.8 Å². The molecule has 0 spiro atoms. The average molecular weight is 630 g/mol. The Labute approximate surface area is 284 Å². The minimum absolute atomic E-state index is 0.438. The summed E-state index contributed by atoms with van der Waals surface area (Å²) < 4.78 is 6.47. The Balaban J connectivity index is 1.18. The maximum absolute atomic E-state index is 6.47. The zero-order valence-corrected chi connectivity index (χ0v) is 26.6. The molecule has 8 aromatic rings. The van der Waals surface area contributed by atoms with Crippen LogP contribution in [-0.4, -0.2) is 11.7 Å². The van der Waals surface area contributed by atoms with Gasteiger partial charge in [0.05, 0.1) is 0 Å². The highest BCUT2D eigenvalue weighted by atomic mass is 16.3. The van der Waals surface area contributed by atoms with Crippen LogP contribution in [0.4, 0.5) is 0 Å². The molecule has 0 saturated heterocycles. The summed E-state index contributed by atoms with van der Waals surface area (Å²) in [4.78, 5) is 10.5. The lowest BCUT2D eigenvalue weighted by Crippen LogP contribution is -2.36. The first-order chi connectivity index (χ1) is 24.3. The van der Waals surface area contributed by atoms with Gasteiger partial charge < -0.3 is 9.73 Å². The molecule has 1 aromatic heterocycles. The molecule has 4 nitrogen and oxygen atoms in total. The standard InChI is InChI=1S/C45H31N3O/c1-4-12-30(13-5-1)32-22-26-35(27-23-32)43-46-44(36-28-24-33(25-29-36)31-14-6-2-7-15-31)48-45(47-43)38-19-11-21-40-42(38)41-37(18-10-20-39(41)49-40)34-16-8-3-9-17-34/h1-29,43H,(H,46,47,48). The van der Waals surface area contributed by atoms with Crippen LogP contribution in [0.2, 0.25) is 0 Å². The van der Waals surface area contributed by atoms with E-state index in [1.165, 1.54) is 11.1 Å². The van der Waals surface area contributed by atoms with E-state index in [0.717, 1.165) is 72.6 Å². The summed E-state index contributed by atoms with van der Waals surface area (Å²) >= 11 is 0. The fourth-order valence-electron chi connectivity index (χ4n) is 6.73. The van der Waals surface area contributed by atoms with Crippen molar-refractivity contribution in [2.45, 2.75) is 6.17 Å². The number of nitrogens with zero attached hydrogens (tertiary/aromatic N) is 2. The van der Waals surface area contributed by atoms with Gasteiger partial charge in [-0.2, -0.15) is 0 Å². The van der Waals surface area contributed by atoms with Crippen LogP contribution in [0.15, 0.2) is 190 Å². The van der Waals surface area contributed by atoms with Crippen LogP contribution >= 0.6 is 0 Å². The number of hydrogen-bond acceptors (Lipinski definition) is 4. The van der Waals surface area contributed by atoms with Gasteiger partial charge in [-0.25, -0.2) is 9.98 Å². The molecule has 1 aliphatic rings. The first kappa shape index (κ1) is 28.7. The second kappa shape index (κ2) is 12.3. The van der Waals surface area contributed by atoms with Gasteiger partial charge in [0.25, 0.3) is 0 Å². The molecule has 232 valence electrons. The molecule has 1 unspecified atom stereocenters. The van der Waals surface area contributed by atoms with Gasteiger partial charge in [-0.05, 0) is 51.1 Å². The van der Waals surface area contributed by atoms with Crippen molar-refractivity contribution in [2.24, 2.45) is 9.98 Å². The molecule has 2 heterocycles. The molecular formula is C45H31N3O. The van der Waals surface area contributed by atoms with Gasteiger partial charge in [-0.3, -0.25) is 0 Å². The van der Waals surface area contributed by atoms with Crippen molar-refractivity contribution in [2.75, 3.05) is 0 Å². The first-order valence-corrected chi connectivity index (χ1v) is 16.5. The van der Waals surface area contributed by atoms with Crippen LogP contribution in [0.5, 0.6) is 0 Å². The van der Waals surface area contributed by atoms with Crippen LogP contribution in [-0.2, 0) is 0 Å². The van der Waals surface area contributed by atoms with Crippen LogP contribution < -0.4 is 5.32 Å². The van der Waals surface area contributed by atoms with Crippen molar-refractivity contribution >= 4 is 33.6 Å². The Bertz CT molecular complexity index is 2480. The van der Waals surface area contributed by atoms with Gasteiger partial charge in [0, 0.05) is 21.9 Å². The number of rotatable bonds is 6. The summed E-state index contributed by atoms with van der Waals surface area (Å²) in [6.07, 6.45) is -0.438. The number of hydrogen-bond donors (Lipinski definition) is 1. The molecule has 1 aliphatic heterocycles. The Kier molecular flexibility index (Phi) is 7.17. The Morgan fingerprint density at radius 3 is 1.41 bits per heavy atom. The van der Waals surface area contributed by atoms with E-state index in [1.807, 2.05) is 36.4 Å². The van der Waals surface area contributed by atoms with E-state index in [0.29, 0.717) is 0 Å². The van der Waals surface area contributed by atoms with E-state index in [4.69, 9.17) is 14.4 Å². The molecule has 0 fully saturated rings. The van der Waals surface area contributed by atoms with Crippen molar-refractivity contribution in [1.29, 1.82) is 0 Å². The molecule has 7 aromatic carbocycles. The number of amidine groups is 2. The highest BCUT2D eigenvalue weighted by Gasteiger charge is 2.24. The van der Waals surface area contributed by atoms with E-state index in [-0.39, 0.29) is 0 Å². The summed E-state index contributed by atoms with van der Waals surface area (Å²) in [5, 5.41) is 5.75. The van der Waals surface area contributed by atoms with Gasteiger partial charge in [-0.1, -0.05) is 164 Å². The topological polar surface area (TPSA) is 49.9 Å². The lowest BCUT2D eigenvalue weighted by molar-refractivity contribution is 0.669. The predicted octanol–water partition coefficient (Wildman–Crippen LogP) is 11.1. The Morgan fingerprint density at radius 2 is 0.816 bits per heavy atom. The summed E-state index contributed by atoms with van der Waals surface area (Å²) in [5.74, 6) is 1.53. The van der Waals surface area contributed by atoms with Crippen LogP contribution in [0.3, 0.4) is 0 Å². The minimum Gasteiger partial charge on any atom is -0.456 e. The molecule has 0 radical (unpaired) electrons. The van der Waals surface area contributed by atoms with Gasteiger partial charge in [0.2, 0.25) is 0 Å². The van der Waals surface area contributed by atoms with Crippen molar-refractivity contribution in [3.8, 4) is 33.4 Å². The number of nitrogens with one attached hydrogen (secondary N) is 1. The molecule has 9 rings (SSSR count). The quantitative estimate of drug-likeness (QED) is 0.199. The van der Waals surface area contributed by atoms with Crippen LogP contribution in [0.1, 0.15) is 22.9 Å². The van der Waals surface area contributed by atoms with Crippen molar-refractivity contribution in [3.63, 3.8) is 0 Å². The Morgan fingerprint density at radius 1 is 0.367 bits per heavy atom. The van der Waals surface area contributed by atoms with Crippen LogP contribution in [0, 0.1) is 0 Å². The summed E-state index contributed by atoms with van der Waals surface area (Å²) in [6.45, 7) is 0. The third kappa shape index (κ3) is 5.39. The van der Waals surface area contributed by atoms with Gasteiger partial charge in [0.15, 0.2) is 6.17 Å². The molecule has 49 heavy (non-hydrogen) atoms. The number of furan rings is 1. The molecule has 0 bridgehead atoms. The maximum atomic E-state index is 6.47. The van der Waals surface area contributed by atoms with E-state index >= 15 is 0 Å². The minimum atomic E-state index is -0.438. The number of fused-ring (bicyclic) bond motifs is 3. The van der Waals surface area contributed by atoms with Gasteiger partial charge in [-0.15, -0.1) is 0 Å². The van der Waals surface area contributed by atoms with Crippen LogP contribution in [0.25, 0.3) is 55.3 Å².